The zero-order valence-corrected chi connectivity index (χ0v) is 14.2. The Morgan fingerprint density at radius 2 is 1.80 bits per heavy atom. The summed E-state index contributed by atoms with van der Waals surface area (Å²) in [4.78, 5) is 23.6. The van der Waals surface area contributed by atoms with Gasteiger partial charge in [-0.25, -0.2) is 4.39 Å². The first-order valence-corrected chi connectivity index (χ1v) is 8.84. The Hall–Kier alpha value is -1.95. The minimum atomic E-state index is -0.817. The summed E-state index contributed by atoms with van der Waals surface area (Å²) in [5.41, 5.74) is 0.749. The van der Waals surface area contributed by atoms with Gasteiger partial charge in [0.1, 0.15) is 5.82 Å². The number of carbonyl (C=O) groups excluding carboxylic acids is 1. The molecule has 1 aliphatic heterocycles. The SMILES string of the molecule is O=C(O)[C@@H]1CC[C@H](C(=O)NCC2(c3ccc(F)cc3)CCOCC2)C1. The largest absolute Gasteiger partial charge is 0.481 e. The number of hydrogen-bond acceptors (Lipinski definition) is 3. The Morgan fingerprint density at radius 1 is 1.16 bits per heavy atom. The zero-order chi connectivity index (χ0) is 17.9. The molecule has 1 aromatic rings. The van der Waals surface area contributed by atoms with E-state index in [0.717, 1.165) is 18.4 Å². The number of carboxylic acid groups (broad SMARTS) is 1. The molecule has 2 aliphatic rings. The molecule has 1 amide bonds. The van der Waals surface area contributed by atoms with Crippen molar-refractivity contribution in [1.29, 1.82) is 0 Å². The van der Waals surface area contributed by atoms with Crippen LogP contribution in [0.5, 0.6) is 0 Å². The highest BCUT2D eigenvalue weighted by Gasteiger charge is 2.37. The lowest BCUT2D eigenvalue weighted by molar-refractivity contribution is -0.141. The second-order valence-corrected chi connectivity index (χ2v) is 7.16. The predicted octanol–water partition coefficient (Wildman–Crippen LogP) is 2.49. The molecule has 2 fully saturated rings. The lowest BCUT2D eigenvalue weighted by atomic mass is 9.74. The van der Waals surface area contributed by atoms with Crippen molar-refractivity contribution >= 4 is 11.9 Å². The number of nitrogens with one attached hydrogen (secondary N) is 1. The lowest BCUT2D eigenvalue weighted by Gasteiger charge is -2.38. The number of hydrogen-bond donors (Lipinski definition) is 2. The van der Waals surface area contributed by atoms with Crippen LogP contribution in [0.3, 0.4) is 0 Å². The van der Waals surface area contributed by atoms with E-state index >= 15 is 0 Å². The topological polar surface area (TPSA) is 75.6 Å². The number of aliphatic carboxylic acids is 1. The van der Waals surface area contributed by atoms with Crippen LogP contribution in [0.15, 0.2) is 24.3 Å². The minimum absolute atomic E-state index is 0.0725. The minimum Gasteiger partial charge on any atom is -0.481 e. The second kappa shape index (κ2) is 7.52. The van der Waals surface area contributed by atoms with Gasteiger partial charge in [0.2, 0.25) is 5.91 Å². The molecule has 1 aromatic carbocycles. The summed E-state index contributed by atoms with van der Waals surface area (Å²) >= 11 is 0. The van der Waals surface area contributed by atoms with Gasteiger partial charge in [-0.2, -0.15) is 0 Å². The molecule has 0 radical (unpaired) electrons. The van der Waals surface area contributed by atoms with Crippen LogP contribution in [0.2, 0.25) is 0 Å². The van der Waals surface area contributed by atoms with Crippen molar-refractivity contribution < 1.29 is 23.8 Å². The summed E-state index contributed by atoms with van der Waals surface area (Å²) in [5.74, 6) is -1.81. The fourth-order valence-electron chi connectivity index (χ4n) is 3.98. The maximum absolute atomic E-state index is 13.3. The van der Waals surface area contributed by atoms with Gasteiger partial charge in [0.05, 0.1) is 5.92 Å². The molecule has 1 aliphatic carbocycles. The van der Waals surface area contributed by atoms with Crippen LogP contribution in [0, 0.1) is 17.7 Å². The Kier molecular flexibility index (Phi) is 5.37. The smallest absolute Gasteiger partial charge is 0.306 e. The molecule has 0 bridgehead atoms. The average Bonchev–Trinajstić information content (AvgIpc) is 3.12. The monoisotopic (exact) mass is 349 g/mol. The van der Waals surface area contributed by atoms with Crippen LogP contribution < -0.4 is 5.32 Å². The molecule has 6 heteroatoms. The summed E-state index contributed by atoms with van der Waals surface area (Å²) in [5, 5.41) is 12.1. The van der Waals surface area contributed by atoms with Gasteiger partial charge >= 0.3 is 5.97 Å². The summed E-state index contributed by atoms with van der Waals surface area (Å²) < 4.78 is 18.7. The predicted molar refractivity (Wildman–Crippen MR) is 89.6 cm³/mol. The summed E-state index contributed by atoms with van der Waals surface area (Å²) in [6, 6.07) is 6.46. The Morgan fingerprint density at radius 3 is 2.40 bits per heavy atom. The molecule has 3 rings (SSSR count). The number of benzene rings is 1. The molecule has 2 N–H and O–H groups in total. The van der Waals surface area contributed by atoms with Gasteiger partial charge < -0.3 is 15.2 Å². The van der Waals surface area contributed by atoms with Crippen molar-refractivity contribution in [1.82, 2.24) is 5.32 Å². The molecule has 1 heterocycles. The van der Waals surface area contributed by atoms with Crippen LogP contribution in [0.1, 0.15) is 37.7 Å². The Balaban J connectivity index is 1.66. The molecular formula is C19H24FNO4. The highest BCUT2D eigenvalue weighted by molar-refractivity contribution is 5.81. The van der Waals surface area contributed by atoms with E-state index in [1.165, 1.54) is 12.1 Å². The number of carboxylic acids is 1. The number of ether oxygens (including phenoxy) is 1. The molecule has 0 spiro atoms. The molecule has 25 heavy (non-hydrogen) atoms. The molecule has 0 unspecified atom stereocenters. The molecule has 136 valence electrons. The van der Waals surface area contributed by atoms with Gasteiger partial charge in [0.15, 0.2) is 0 Å². The molecule has 2 atom stereocenters. The van der Waals surface area contributed by atoms with E-state index in [2.05, 4.69) is 5.32 Å². The van der Waals surface area contributed by atoms with E-state index in [0.29, 0.717) is 39.0 Å². The van der Waals surface area contributed by atoms with Gasteiger partial charge in [-0.05, 0) is 49.8 Å². The van der Waals surface area contributed by atoms with E-state index < -0.39 is 11.9 Å². The third kappa shape index (κ3) is 4.00. The first-order valence-electron chi connectivity index (χ1n) is 8.84. The van der Waals surface area contributed by atoms with Gasteiger partial charge in [0, 0.05) is 31.1 Å². The van der Waals surface area contributed by atoms with E-state index in [1.54, 1.807) is 12.1 Å². The molecule has 1 saturated carbocycles. The number of halogens is 1. The van der Waals surface area contributed by atoms with Crippen LogP contribution in [-0.4, -0.2) is 36.7 Å². The average molecular weight is 349 g/mol. The third-order valence-electron chi connectivity index (χ3n) is 5.66. The highest BCUT2D eigenvalue weighted by atomic mass is 19.1. The van der Waals surface area contributed by atoms with Crippen LogP contribution >= 0.6 is 0 Å². The first kappa shape index (κ1) is 17.9. The quantitative estimate of drug-likeness (QED) is 0.856. The van der Waals surface area contributed by atoms with E-state index in [4.69, 9.17) is 9.84 Å². The maximum atomic E-state index is 13.3. The van der Waals surface area contributed by atoms with E-state index in [-0.39, 0.29) is 23.1 Å². The molecular weight excluding hydrogens is 325 g/mol. The fourth-order valence-corrected chi connectivity index (χ4v) is 3.98. The second-order valence-electron chi connectivity index (χ2n) is 7.16. The van der Waals surface area contributed by atoms with Crippen LogP contribution in [0.4, 0.5) is 4.39 Å². The number of rotatable bonds is 5. The van der Waals surface area contributed by atoms with Crippen molar-refractivity contribution in [3.63, 3.8) is 0 Å². The lowest BCUT2D eigenvalue weighted by Crippen LogP contribution is -2.45. The van der Waals surface area contributed by atoms with Gasteiger partial charge in [0.25, 0.3) is 0 Å². The summed E-state index contributed by atoms with van der Waals surface area (Å²) in [7, 11) is 0. The number of carbonyl (C=O) groups is 2. The van der Waals surface area contributed by atoms with E-state index in [9.17, 15) is 14.0 Å². The summed E-state index contributed by atoms with van der Waals surface area (Å²) in [6.45, 7) is 1.69. The van der Waals surface area contributed by atoms with Crippen molar-refractivity contribution in [2.75, 3.05) is 19.8 Å². The van der Waals surface area contributed by atoms with Gasteiger partial charge in [-0.1, -0.05) is 12.1 Å². The van der Waals surface area contributed by atoms with E-state index in [1.807, 2.05) is 0 Å². The highest BCUT2D eigenvalue weighted by Crippen LogP contribution is 2.35. The normalized spacial score (nSPS) is 25.5. The first-order chi connectivity index (χ1) is 12.0. The van der Waals surface area contributed by atoms with Crippen molar-refractivity contribution in [3.8, 4) is 0 Å². The molecule has 5 nitrogen and oxygen atoms in total. The fraction of sp³-hybridized carbons (Fsp3) is 0.579. The van der Waals surface area contributed by atoms with Crippen molar-refractivity contribution in [2.45, 2.75) is 37.5 Å². The Bertz CT molecular complexity index is 625. The summed E-state index contributed by atoms with van der Waals surface area (Å²) in [6.07, 6.45) is 3.12. The maximum Gasteiger partial charge on any atom is 0.306 e. The van der Waals surface area contributed by atoms with Crippen molar-refractivity contribution in [2.24, 2.45) is 11.8 Å². The Labute approximate surface area is 146 Å². The van der Waals surface area contributed by atoms with Gasteiger partial charge in [-0.15, -0.1) is 0 Å². The molecule has 1 saturated heterocycles. The molecule has 0 aromatic heterocycles. The van der Waals surface area contributed by atoms with Gasteiger partial charge in [-0.3, -0.25) is 9.59 Å². The third-order valence-corrected chi connectivity index (χ3v) is 5.66. The number of amides is 1. The van der Waals surface area contributed by atoms with Crippen LogP contribution in [-0.2, 0) is 19.7 Å². The standard InChI is InChI=1S/C19H24FNO4/c20-16-5-3-15(4-6-16)19(7-9-25-10-8-19)12-21-17(22)13-1-2-14(11-13)18(23)24/h3-6,13-14H,1-2,7-12H2,(H,21,22)(H,23,24)/t13-,14+/m0/s1. The van der Waals surface area contributed by atoms with Crippen molar-refractivity contribution in [3.05, 3.63) is 35.6 Å². The van der Waals surface area contributed by atoms with Crippen LogP contribution in [0.25, 0.3) is 0 Å². The zero-order valence-electron chi connectivity index (χ0n) is 14.2.